The summed E-state index contributed by atoms with van der Waals surface area (Å²) in [6, 6.07) is 7.50. The maximum atomic E-state index is 12.8. The Labute approximate surface area is 176 Å². The maximum absolute atomic E-state index is 12.8. The number of ether oxygens (including phenoxy) is 2. The van der Waals surface area contributed by atoms with E-state index in [0.717, 1.165) is 40.5 Å². The number of fused-ring (bicyclic) bond motifs is 1. The van der Waals surface area contributed by atoms with Crippen LogP contribution in [0.5, 0.6) is 5.75 Å². The number of methoxy groups -OCH3 is 2. The van der Waals surface area contributed by atoms with Crippen LogP contribution in [-0.2, 0) is 9.53 Å². The van der Waals surface area contributed by atoms with Gasteiger partial charge in [-0.2, -0.15) is 0 Å². The molecule has 152 valence electrons. The lowest BCUT2D eigenvalue weighted by molar-refractivity contribution is -0.120. The first-order valence-corrected chi connectivity index (χ1v) is 10.9. The first-order chi connectivity index (χ1) is 14.1. The van der Waals surface area contributed by atoms with Gasteiger partial charge in [-0.3, -0.25) is 4.79 Å². The molecule has 0 radical (unpaired) electrons. The van der Waals surface area contributed by atoms with Gasteiger partial charge >= 0.3 is 5.97 Å². The molecule has 1 saturated heterocycles. The molecule has 1 fully saturated rings. The number of nitrogens with one attached hydrogen (secondary N) is 1. The third kappa shape index (κ3) is 4.06. The number of hydrogen-bond donors (Lipinski definition) is 1. The highest BCUT2D eigenvalue weighted by Gasteiger charge is 2.28. The fourth-order valence-electron chi connectivity index (χ4n) is 3.41. The smallest absolute Gasteiger partial charge is 0.340 e. The number of carbonyl (C=O) groups is 2. The molecule has 1 N–H and O–H groups in total. The van der Waals surface area contributed by atoms with Crippen LogP contribution in [0.2, 0.25) is 0 Å². The van der Waals surface area contributed by atoms with Gasteiger partial charge in [-0.15, -0.1) is 11.3 Å². The Hall–Kier alpha value is -2.65. The third-order valence-corrected chi connectivity index (χ3v) is 6.86. The molecule has 3 aromatic rings. The average molecular weight is 432 g/mol. The van der Waals surface area contributed by atoms with Crippen molar-refractivity contribution in [2.75, 3.05) is 37.5 Å². The molecule has 3 heterocycles. The van der Waals surface area contributed by atoms with Crippen molar-refractivity contribution in [1.82, 2.24) is 4.98 Å². The van der Waals surface area contributed by atoms with Gasteiger partial charge in [0.25, 0.3) is 0 Å². The second-order valence-corrected chi connectivity index (χ2v) is 8.68. The Morgan fingerprint density at radius 1 is 1.28 bits per heavy atom. The highest BCUT2D eigenvalue weighted by atomic mass is 32.1. The van der Waals surface area contributed by atoms with Crippen LogP contribution in [0.25, 0.3) is 10.2 Å². The number of carbonyl (C=O) groups excluding carboxylic acids is 2. The number of thiophene rings is 1. The van der Waals surface area contributed by atoms with Crippen molar-refractivity contribution >= 4 is 54.9 Å². The maximum Gasteiger partial charge on any atom is 0.340 e. The zero-order valence-electron chi connectivity index (χ0n) is 16.1. The molecule has 1 unspecified atom stereocenters. The monoisotopic (exact) mass is 431 g/mol. The fraction of sp³-hybridized carbons (Fsp3) is 0.350. The number of nitrogens with zero attached hydrogens (tertiary/aromatic N) is 2. The number of anilines is 2. The van der Waals surface area contributed by atoms with E-state index in [1.165, 1.54) is 18.4 Å². The Kier molecular flexibility index (Phi) is 5.68. The summed E-state index contributed by atoms with van der Waals surface area (Å²) >= 11 is 2.93. The van der Waals surface area contributed by atoms with Crippen LogP contribution in [-0.4, -0.2) is 44.2 Å². The quantitative estimate of drug-likeness (QED) is 0.615. The molecule has 1 aromatic carbocycles. The van der Waals surface area contributed by atoms with Gasteiger partial charge in [-0.1, -0.05) is 11.3 Å². The van der Waals surface area contributed by atoms with Crippen LogP contribution in [0.3, 0.4) is 0 Å². The highest BCUT2D eigenvalue weighted by molar-refractivity contribution is 7.22. The SMILES string of the molecule is COC(=O)c1ccsc1NC(=O)C1CCCN(c2nc3ccc(OC)cc3s2)C1. The number of esters is 1. The van der Waals surface area contributed by atoms with Gasteiger partial charge in [-0.25, -0.2) is 9.78 Å². The number of piperidine rings is 1. The van der Waals surface area contributed by atoms with Gasteiger partial charge < -0.3 is 19.7 Å². The summed E-state index contributed by atoms with van der Waals surface area (Å²) in [5, 5.41) is 6.12. The van der Waals surface area contributed by atoms with Crippen LogP contribution in [0.4, 0.5) is 10.1 Å². The van der Waals surface area contributed by atoms with Crippen molar-refractivity contribution in [2.24, 2.45) is 5.92 Å². The first kappa shape index (κ1) is 19.7. The summed E-state index contributed by atoms with van der Waals surface area (Å²) < 4.78 is 11.1. The second kappa shape index (κ2) is 8.38. The van der Waals surface area contributed by atoms with E-state index >= 15 is 0 Å². The number of thiazole rings is 1. The summed E-state index contributed by atoms with van der Waals surface area (Å²) in [5.41, 5.74) is 1.32. The summed E-state index contributed by atoms with van der Waals surface area (Å²) in [4.78, 5) is 31.6. The third-order valence-electron chi connectivity index (χ3n) is 4.95. The lowest BCUT2D eigenvalue weighted by atomic mass is 9.97. The van der Waals surface area contributed by atoms with Gasteiger partial charge in [0.1, 0.15) is 10.8 Å². The molecule has 1 atom stereocenters. The van der Waals surface area contributed by atoms with Crippen molar-refractivity contribution in [3.05, 3.63) is 35.2 Å². The molecule has 29 heavy (non-hydrogen) atoms. The predicted molar refractivity (Wildman–Crippen MR) is 115 cm³/mol. The Bertz CT molecular complexity index is 1050. The number of rotatable bonds is 5. The normalized spacial score (nSPS) is 16.6. The standard InChI is InChI=1S/C20H21N3O4S2/c1-26-13-5-6-15-16(10-13)29-20(21-15)23-8-3-4-12(11-23)17(24)22-18-14(7-9-28-18)19(25)27-2/h5-7,9-10,12H,3-4,8,11H2,1-2H3,(H,22,24). The van der Waals surface area contributed by atoms with E-state index in [1.54, 1.807) is 29.9 Å². The Morgan fingerprint density at radius 2 is 2.14 bits per heavy atom. The van der Waals surface area contributed by atoms with Crippen LogP contribution in [0, 0.1) is 5.92 Å². The van der Waals surface area contributed by atoms with Crippen LogP contribution in [0.1, 0.15) is 23.2 Å². The highest BCUT2D eigenvalue weighted by Crippen LogP contribution is 2.34. The van der Waals surface area contributed by atoms with Gasteiger partial charge in [0.2, 0.25) is 5.91 Å². The summed E-state index contributed by atoms with van der Waals surface area (Å²) in [6.07, 6.45) is 1.71. The van der Waals surface area contributed by atoms with E-state index in [0.29, 0.717) is 17.1 Å². The minimum Gasteiger partial charge on any atom is -0.497 e. The molecule has 0 saturated carbocycles. The molecule has 0 spiro atoms. The topological polar surface area (TPSA) is 80.8 Å². The minimum absolute atomic E-state index is 0.0786. The van der Waals surface area contributed by atoms with Crippen molar-refractivity contribution in [3.8, 4) is 5.75 Å². The van der Waals surface area contributed by atoms with E-state index in [1.807, 2.05) is 18.2 Å². The second-order valence-electron chi connectivity index (χ2n) is 6.76. The number of amides is 1. The molecule has 0 aliphatic carbocycles. The van der Waals surface area contributed by atoms with E-state index in [2.05, 4.69) is 10.2 Å². The molecule has 7 nitrogen and oxygen atoms in total. The van der Waals surface area contributed by atoms with E-state index in [-0.39, 0.29) is 11.8 Å². The van der Waals surface area contributed by atoms with Crippen LogP contribution >= 0.6 is 22.7 Å². The number of benzene rings is 1. The van der Waals surface area contributed by atoms with Crippen molar-refractivity contribution < 1.29 is 19.1 Å². The molecule has 9 heteroatoms. The molecule has 0 bridgehead atoms. The Morgan fingerprint density at radius 3 is 2.93 bits per heavy atom. The fourth-order valence-corrected chi connectivity index (χ4v) is 5.22. The van der Waals surface area contributed by atoms with E-state index < -0.39 is 5.97 Å². The Balaban J connectivity index is 1.47. The van der Waals surface area contributed by atoms with Crippen molar-refractivity contribution in [2.45, 2.75) is 12.8 Å². The summed E-state index contributed by atoms with van der Waals surface area (Å²) in [7, 11) is 2.98. The van der Waals surface area contributed by atoms with Crippen LogP contribution in [0.15, 0.2) is 29.6 Å². The molecule has 1 amide bonds. The first-order valence-electron chi connectivity index (χ1n) is 9.25. The number of aromatic nitrogens is 1. The zero-order chi connectivity index (χ0) is 20.4. The summed E-state index contributed by atoms with van der Waals surface area (Å²) in [6.45, 7) is 1.47. The van der Waals surface area contributed by atoms with E-state index in [4.69, 9.17) is 14.5 Å². The summed E-state index contributed by atoms with van der Waals surface area (Å²) in [5.74, 6) is 0.112. The molecule has 2 aromatic heterocycles. The van der Waals surface area contributed by atoms with Gasteiger partial charge in [-0.05, 0) is 42.5 Å². The molecule has 1 aliphatic heterocycles. The van der Waals surface area contributed by atoms with Gasteiger partial charge in [0, 0.05) is 13.1 Å². The molecular formula is C20H21N3O4S2. The van der Waals surface area contributed by atoms with Gasteiger partial charge in [0.15, 0.2) is 5.13 Å². The molecule has 1 aliphatic rings. The lowest BCUT2D eigenvalue weighted by Gasteiger charge is -2.31. The number of hydrogen-bond acceptors (Lipinski definition) is 8. The van der Waals surface area contributed by atoms with Gasteiger partial charge in [0.05, 0.1) is 35.9 Å². The predicted octanol–water partition coefficient (Wildman–Crippen LogP) is 4.01. The largest absolute Gasteiger partial charge is 0.497 e. The van der Waals surface area contributed by atoms with Crippen molar-refractivity contribution in [1.29, 1.82) is 0 Å². The van der Waals surface area contributed by atoms with Crippen molar-refractivity contribution in [3.63, 3.8) is 0 Å². The average Bonchev–Trinajstić information content (AvgIpc) is 3.39. The molecular weight excluding hydrogens is 410 g/mol. The van der Waals surface area contributed by atoms with Crippen LogP contribution < -0.4 is 15.0 Å². The lowest BCUT2D eigenvalue weighted by Crippen LogP contribution is -2.40. The van der Waals surface area contributed by atoms with E-state index in [9.17, 15) is 9.59 Å². The minimum atomic E-state index is -0.447. The zero-order valence-corrected chi connectivity index (χ0v) is 17.8. The molecule has 4 rings (SSSR count).